The minimum atomic E-state index is -0.498. The quantitative estimate of drug-likeness (QED) is 0.315. The standard InChI is InChI=1S/C25H38N5O3S/c1-18(2)23(27)28-25(32)29-11-9-19(10-12-29)4-3-14-33-21-7-5-20(6-8-21)16-22(26)24(31)30-13-15-34-17-30/h5-8,18-19,22H,3-4,9-17,26H2,1-2H3,(H-,27,28,32)/q-1/t22-/m0/s1. The molecule has 0 unspecified atom stereocenters. The Hall–Kier alpha value is -2.26. The molecular formula is C25H38N5O3S-. The second kappa shape index (κ2) is 13.0. The molecule has 1 aromatic carbocycles. The summed E-state index contributed by atoms with van der Waals surface area (Å²) in [5, 5.41) is 12.3. The lowest BCUT2D eigenvalue weighted by molar-refractivity contribution is -0.131. The van der Waals surface area contributed by atoms with Gasteiger partial charge in [-0.1, -0.05) is 31.8 Å². The molecule has 8 nitrogen and oxygen atoms in total. The number of hydrogen-bond acceptors (Lipinski definition) is 5. The van der Waals surface area contributed by atoms with E-state index >= 15 is 0 Å². The number of nitrogens with zero attached hydrogens (tertiary/aromatic N) is 3. The van der Waals surface area contributed by atoms with E-state index in [9.17, 15) is 15.0 Å². The highest BCUT2D eigenvalue weighted by atomic mass is 32.2. The third-order valence-electron chi connectivity index (χ3n) is 6.47. The number of rotatable bonds is 9. The number of nitrogens with one attached hydrogen (secondary N) is 1. The van der Waals surface area contributed by atoms with Gasteiger partial charge in [0.1, 0.15) is 5.75 Å². The highest BCUT2D eigenvalue weighted by Gasteiger charge is 2.24. The number of hydrogen-bond donors (Lipinski definition) is 2. The Morgan fingerprint density at radius 2 is 1.88 bits per heavy atom. The van der Waals surface area contributed by atoms with Crippen molar-refractivity contribution >= 4 is 29.5 Å². The van der Waals surface area contributed by atoms with E-state index < -0.39 is 6.04 Å². The number of ether oxygens (including phenoxy) is 1. The van der Waals surface area contributed by atoms with Crippen LogP contribution < -0.4 is 15.8 Å². The number of likely N-dealkylation sites (tertiary alicyclic amines) is 1. The molecule has 0 aromatic heterocycles. The monoisotopic (exact) mass is 488 g/mol. The zero-order valence-corrected chi connectivity index (χ0v) is 21.2. The second-order valence-corrected chi connectivity index (χ2v) is 10.6. The van der Waals surface area contributed by atoms with Gasteiger partial charge in [0, 0.05) is 25.4 Å². The van der Waals surface area contributed by atoms with E-state index in [0.29, 0.717) is 32.0 Å². The summed E-state index contributed by atoms with van der Waals surface area (Å²) in [6, 6.07) is 7.14. The van der Waals surface area contributed by atoms with E-state index in [1.165, 1.54) is 0 Å². The van der Waals surface area contributed by atoms with E-state index in [1.54, 1.807) is 16.7 Å². The maximum atomic E-state index is 12.4. The highest BCUT2D eigenvalue weighted by Crippen LogP contribution is 2.23. The van der Waals surface area contributed by atoms with Crippen molar-refractivity contribution in [3.63, 3.8) is 0 Å². The van der Waals surface area contributed by atoms with Crippen molar-refractivity contribution in [2.75, 3.05) is 37.9 Å². The zero-order chi connectivity index (χ0) is 24.5. The number of piperidine rings is 1. The lowest BCUT2D eigenvalue weighted by atomic mass is 9.92. The average molecular weight is 489 g/mol. The molecule has 0 bridgehead atoms. The molecule has 3 amide bonds. The van der Waals surface area contributed by atoms with Crippen LogP contribution in [0, 0.1) is 11.8 Å². The summed E-state index contributed by atoms with van der Waals surface area (Å²) in [6.07, 6.45) is 4.52. The third-order valence-corrected chi connectivity index (χ3v) is 7.44. The lowest BCUT2D eigenvalue weighted by Crippen LogP contribution is -2.47. The number of benzene rings is 1. The maximum Gasteiger partial charge on any atom is 0.240 e. The van der Waals surface area contributed by atoms with E-state index in [1.807, 2.05) is 43.0 Å². The van der Waals surface area contributed by atoms with Crippen LogP contribution in [0.1, 0.15) is 45.1 Å². The van der Waals surface area contributed by atoms with Gasteiger partial charge in [0.2, 0.25) is 11.9 Å². The van der Waals surface area contributed by atoms with Crippen LogP contribution in [0.5, 0.6) is 5.75 Å². The Balaban J connectivity index is 1.30. The van der Waals surface area contributed by atoms with Gasteiger partial charge in [-0.2, -0.15) is 0 Å². The molecule has 3 rings (SSSR count). The SMILES string of the molecule is CC(C)C(=[N-])NC(=O)N1CCC(CCCOc2ccc(C[C@H](N)C(=O)N3CCSC3)cc2)CC1. The first-order valence-electron chi connectivity index (χ1n) is 12.3. The van der Waals surface area contributed by atoms with Crippen LogP contribution in [0.15, 0.2) is 24.3 Å². The topological polar surface area (TPSA) is 110 Å². The number of nitrogens with two attached hydrogens (primary N) is 1. The normalized spacial score (nSPS) is 17.6. The molecule has 188 valence electrons. The molecule has 0 radical (unpaired) electrons. The van der Waals surface area contributed by atoms with E-state index in [-0.39, 0.29) is 23.7 Å². The van der Waals surface area contributed by atoms with Crippen LogP contribution in [-0.2, 0) is 11.2 Å². The Kier molecular flexibility index (Phi) is 10.1. The van der Waals surface area contributed by atoms with Crippen molar-refractivity contribution in [2.24, 2.45) is 17.6 Å². The van der Waals surface area contributed by atoms with E-state index in [4.69, 9.17) is 10.5 Å². The van der Waals surface area contributed by atoms with Crippen molar-refractivity contribution in [2.45, 2.75) is 52.0 Å². The molecule has 9 heteroatoms. The van der Waals surface area contributed by atoms with Gasteiger partial charge in [0.25, 0.3) is 0 Å². The van der Waals surface area contributed by atoms with Crippen LogP contribution in [0.3, 0.4) is 0 Å². The fourth-order valence-electron chi connectivity index (χ4n) is 4.21. The molecule has 2 saturated heterocycles. The number of urea groups is 1. The molecule has 2 fully saturated rings. The molecule has 3 N–H and O–H groups in total. The fourth-order valence-corrected chi connectivity index (χ4v) is 5.16. The summed E-state index contributed by atoms with van der Waals surface area (Å²) in [4.78, 5) is 28.2. The third kappa shape index (κ3) is 7.91. The summed E-state index contributed by atoms with van der Waals surface area (Å²) in [5.41, 5.74) is 7.16. The van der Waals surface area contributed by atoms with Crippen molar-refractivity contribution in [3.05, 3.63) is 35.2 Å². The summed E-state index contributed by atoms with van der Waals surface area (Å²) in [5.74, 6) is 3.12. The second-order valence-electron chi connectivity index (χ2n) is 9.48. The highest BCUT2D eigenvalue weighted by molar-refractivity contribution is 7.99. The van der Waals surface area contributed by atoms with Gasteiger partial charge in [0.05, 0.1) is 18.5 Å². The van der Waals surface area contributed by atoms with Crippen molar-refractivity contribution in [1.29, 1.82) is 0 Å². The minimum Gasteiger partial charge on any atom is -0.494 e. The molecule has 2 heterocycles. The Bertz CT molecular complexity index is 818. The molecule has 34 heavy (non-hydrogen) atoms. The molecule has 0 aliphatic carbocycles. The Morgan fingerprint density at radius 1 is 1.18 bits per heavy atom. The lowest BCUT2D eigenvalue weighted by Gasteiger charge is -2.35. The number of amidine groups is 1. The summed E-state index contributed by atoms with van der Waals surface area (Å²) < 4.78 is 5.90. The zero-order valence-electron chi connectivity index (χ0n) is 20.4. The van der Waals surface area contributed by atoms with Gasteiger partial charge >= 0.3 is 0 Å². The molecule has 0 spiro atoms. The van der Waals surface area contributed by atoms with Gasteiger partial charge < -0.3 is 31.0 Å². The van der Waals surface area contributed by atoms with Crippen LogP contribution in [0.2, 0.25) is 0 Å². The Morgan fingerprint density at radius 3 is 2.50 bits per heavy atom. The molecule has 2 aliphatic heterocycles. The predicted molar refractivity (Wildman–Crippen MR) is 138 cm³/mol. The smallest absolute Gasteiger partial charge is 0.240 e. The van der Waals surface area contributed by atoms with E-state index in [0.717, 1.165) is 55.2 Å². The minimum absolute atomic E-state index is 0.0231. The van der Waals surface area contributed by atoms with Crippen molar-refractivity contribution in [1.82, 2.24) is 15.1 Å². The van der Waals surface area contributed by atoms with Crippen LogP contribution in [-0.4, -0.2) is 71.5 Å². The van der Waals surface area contributed by atoms with Crippen molar-refractivity contribution in [3.8, 4) is 5.75 Å². The van der Waals surface area contributed by atoms with Crippen LogP contribution >= 0.6 is 11.8 Å². The molecule has 0 saturated carbocycles. The number of thioether (sulfide) groups is 1. The number of carbonyl (C=O) groups is 2. The molecule has 2 aliphatic rings. The molecule has 1 atom stereocenters. The largest absolute Gasteiger partial charge is 0.494 e. The van der Waals surface area contributed by atoms with Crippen LogP contribution in [0.4, 0.5) is 4.79 Å². The van der Waals surface area contributed by atoms with Gasteiger partial charge in [-0.3, -0.25) is 9.59 Å². The number of amides is 3. The molecular weight excluding hydrogens is 450 g/mol. The van der Waals surface area contributed by atoms with Crippen molar-refractivity contribution < 1.29 is 14.3 Å². The predicted octanol–water partition coefficient (Wildman–Crippen LogP) is 3.29. The fraction of sp³-hybridized carbons (Fsp3) is 0.640. The maximum absolute atomic E-state index is 12.4. The average Bonchev–Trinajstić information content (AvgIpc) is 3.37. The van der Waals surface area contributed by atoms with E-state index in [2.05, 4.69) is 5.32 Å². The molecule has 1 aromatic rings. The summed E-state index contributed by atoms with van der Waals surface area (Å²) in [6.45, 7) is 6.55. The van der Waals surface area contributed by atoms with Gasteiger partial charge in [-0.05, 0) is 61.6 Å². The first-order valence-corrected chi connectivity index (χ1v) is 13.4. The first kappa shape index (κ1) is 26.3. The van der Waals surface area contributed by atoms with Gasteiger partial charge in [0.15, 0.2) is 0 Å². The Labute approximate surface area is 207 Å². The first-order chi connectivity index (χ1) is 16.3. The van der Waals surface area contributed by atoms with Gasteiger partial charge in [-0.15, -0.1) is 11.8 Å². The number of carbonyl (C=O) groups excluding carboxylic acids is 2. The summed E-state index contributed by atoms with van der Waals surface area (Å²) in [7, 11) is 0. The summed E-state index contributed by atoms with van der Waals surface area (Å²) >= 11 is 1.76. The van der Waals surface area contributed by atoms with Crippen LogP contribution in [0.25, 0.3) is 5.41 Å². The van der Waals surface area contributed by atoms with Gasteiger partial charge in [-0.25, -0.2) is 0 Å².